The number of imidazole rings is 1. The van der Waals surface area contributed by atoms with Crippen molar-refractivity contribution in [3.8, 4) is 17.0 Å². The van der Waals surface area contributed by atoms with Gasteiger partial charge < -0.3 is 24.3 Å². The van der Waals surface area contributed by atoms with E-state index in [2.05, 4.69) is 25.1 Å². The number of hydrogen-bond donors (Lipinski definition) is 2. The van der Waals surface area contributed by atoms with Crippen LogP contribution < -0.4 is 15.3 Å². The Morgan fingerprint density at radius 2 is 1.88 bits per heavy atom. The molecule has 3 atom stereocenters. The molecule has 40 heavy (non-hydrogen) atoms. The third kappa shape index (κ3) is 7.16. The fourth-order valence-corrected chi connectivity index (χ4v) is 5.94. The number of hydrogen-bond acceptors (Lipinski definition) is 10. The molecule has 0 aliphatic rings. The summed E-state index contributed by atoms with van der Waals surface area (Å²) in [5.74, 6) is 0.0206. The van der Waals surface area contributed by atoms with Crippen LogP contribution in [0.4, 0.5) is 5.82 Å². The number of aryl methyl sites for hydroxylation is 1. The number of esters is 1. The number of nitrogens with two attached hydrogens (primary N) is 1. The summed E-state index contributed by atoms with van der Waals surface area (Å²) in [7, 11) is -2.00. The van der Waals surface area contributed by atoms with E-state index in [0.29, 0.717) is 34.2 Å². The van der Waals surface area contributed by atoms with Crippen LogP contribution in [-0.2, 0) is 32.4 Å². The standard InChI is InChI=1S/C25H32ClN8O5P/c1-15(2)38-25(35)17(4)32-40(36,39-19-8-6-18(7-9-19)21-20(26)11-33(5)31-21)14-37-16(3)10-34-13-30-22-23(27)28-12-29-24(22)34/h6-9,11-13,15-17H,10,14H2,1-5H3,(H,32,36)(H2,27,28,29)/t16-,17+,40?/m1/s1. The monoisotopic (exact) mass is 590 g/mol. The van der Waals surface area contributed by atoms with Crippen molar-refractivity contribution in [3.05, 3.63) is 48.1 Å². The minimum Gasteiger partial charge on any atom is -0.462 e. The summed E-state index contributed by atoms with van der Waals surface area (Å²) in [4.78, 5) is 24.9. The molecule has 0 saturated heterocycles. The fraction of sp³-hybridized carbons (Fsp3) is 0.400. The molecule has 1 unspecified atom stereocenters. The summed E-state index contributed by atoms with van der Waals surface area (Å²) < 4.78 is 34.5. The molecule has 0 amide bonds. The maximum Gasteiger partial charge on any atom is 0.342 e. The molecule has 3 heterocycles. The molecular weight excluding hydrogens is 559 g/mol. The van der Waals surface area contributed by atoms with Crippen molar-refractivity contribution in [2.24, 2.45) is 7.05 Å². The first-order valence-electron chi connectivity index (χ1n) is 12.5. The van der Waals surface area contributed by atoms with E-state index in [4.69, 9.17) is 31.3 Å². The number of ether oxygens (including phenoxy) is 2. The fourth-order valence-electron chi connectivity index (χ4n) is 3.86. The Morgan fingerprint density at radius 3 is 2.52 bits per heavy atom. The SMILES string of the molecule is CC(C)OC(=O)[C@H](C)NP(=O)(CO[C@H](C)Cn1cnc2c(N)ncnc21)Oc1ccc(-c2nn(C)cc2Cl)cc1. The second-order valence-electron chi connectivity index (χ2n) is 9.56. The van der Waals surface area contributed by atoms with Crippen molar-refractivity contribution >= 4 is 42.1 Å². The molecule has 0 aliphatic heterocycles. The summed E-state index contributed by atoms with van der Waals surface area (Å²) in [5, 5.41) is 7.65. The minimum absolute atomic E-state index is 0.276. The van der Waals surface area contributed by atoms with Crippen molar-refractivity contribution in [2.45, 2.75) is 52.5 Å². The number of carbonyl (C=O) groups is 1. The second-order valence-corrected chi connectivity index (χ2v) is 12.0. The summed E-state index contributed by atoms with van der Waals surface area (Å²) in [6, 6.07) is 5.89. The zero-order valence-electron chi connectivity index (χ0n) is 22.8. The topological polar surface area (TPSA) is 161 Å². The molecule has 0 spiro atoms. The van der Waals surface area contributed by atoms with Crippen LogP contribution >= 0.6 is 19.1 Å². The van der Waals surface area contributed by atoms with Gasteiger partial charge in [0.2, 0.25) is 0 Å². The van der Waals surface area contributed by atoms with Gasteiger partial charge in [-0.15, -0.1) is 0 Å². The van der Waals surface area contributed by atoms with Gasteiger partial charge >= 0.3 is 13.5 Å². The van der Waals surface area contributed by atoms with Gasteiger partial charge in [0.1, 0.15) is 35.7 Å². The van der Waals surface area contributed by atoms with Gasteiger partial charge in [0.15, 0.2) is 11.5 Å². The molecule has 0 fully saturated rings. The predicted molar refractivity (Wildman–Crippen MR) is 151 cm³/mol. The molecule has 15 heteroatoms. The zero-order chi connectivity index (χ0) is 29.0. The van der Waals surface area contributed by atoms with E-state index in [1.165, 1.54) is 6.33 Å². The largest absolute Gasteiger partial charge is 0.462 e. The second kappa shape index (κ2) is 12.3. The number of nitrogens with zero attached hydrogens (tertiary/aromatic N) is 6. The number of carbonyl (C=O) groups excluding carboxylic acids is 1. The quantitative estimate of drug-likeness (QED) is 0.181. The smallest absolute Gasteiger partial charge is 0.342 e. The lowest BCUT2D eigenvalue weighted by Crippen LogP contribution is -2.37. The number of aromatic nitrogens is 6. The van der Waals surface area contributed by atoms with Gasteiger partial charge in [-0.1, -0.05) is 11.6 Å². The molecule has 4 aromatic rings. The molecule has 3 N–H and O–H groups in total. The maximum atomic E-state index is 14.0. The van der Waals surface area contributed by atoms with E-state index in [9.17, 15) is 9.36 Å². The highest BCUT2D eigenvalue weighted by molar-refractivity contribution is 7.57. The van der Waals surface area contributed by atoms with Crippen molar-refractivity contribution in [1.82, 2.24) is 34.4 Å². The van der Waals surface area contributed by atoms with Gasteiger partial charge in [0, 0.05) is 18.8 Å². The first-order valence-corrected chi connectivity index (χ1v) is 14.7. The lowest BCUT2D eigenvalue weighted by atomic mass is 10.1. The minimum atomic E-state index is -3.78. The van der Waals surface area contributed by atoms with Gasteiger partial charge in [-0.2, -0.15) is 5.10 Å². The predicted octanol–water partition coefficient (Wildman–Crippen LogP) is 4.03. The van der Waals surface area contributed by atoms with Crippen LogP contribution in [0, 0.1) is 0 Å². The first-order chi connectivity index (χ1) is 18.9. The van der Waals surface area contributed by atoms with Gasteiger partial charge in [-0.25, -0.2) is 20.0 Å². The van der Waals surface area contributed by atoms with E-state index >= 15 is 0 Å². The Kier molecular flexibility index (Phi) is 9.09. The molecule has 214 valence electrons. The number of nitrogen functional groups attached to an aromatic ring is 1. The van der Waals surface area contributed by atoms with E-state index < -0.39 is 25.6 Å². The average Bonchev–Trinajstić information content (AvgIpc) is 3.45. The van der Waals surface area contributed by atoms with E-state index in [-0.39, 0.29) is 18.3 Å². The van der Waals surface area contributed by atoms with Crippen molar-refractivity contribution in [3.63, 3.8) is 0 Å². The maximum absolute atomic E-state index is 14.0. The highest BCUT2D eigenvalue weighted by Crippen LogP contribution is 2.44. The molecule has 4 rings (SSSR count). The first kappa shape index (κ1) is 29.5. The van der Waals surface area contributed by atoms with Crippen LogP contribution in [0.2, 0.25) is 5.02 Å². The number of nitrogens with one attached hydrogen (secondary N) is 1. The summed E-state index contributed by atoms with van der Waals surface area (Å²) >= 11 is 6.26. The third-order valence-corrected chi connectivity index (χ3v) is 7.72. The van der Waals surface area contributed by atoms with Crippen LogP contribution in [0.5, 0.6) is 5.75 Å². The Hall–Kier alpha value is -3.51. The highest BCUT2D eigenvalue weighted by atomic mass is 35.5. The number of rotatable bonds is 12. The zero-order valence-corrected chi connectivity index (χ0v) is 24.5. The van der Waals surface area contributed by atoms with Gasteiger partial charge in [-0.05, 0) is 52.0 Å². The van der Waals surface area contributed by atoms with E-state index in [0.717, 1.165) is 5.56 Å². The Labute approximate surface area is 236 Å². The number of fused-ring (bicyclic) bond motifs is 1. The van der Waals surface area contributed by atoms with Crippen LogP contribution in [-0.4, -0.2) is 59.9 Å². The summed E-state index contributed by atoms with van der Waals surface area (Å²) in [6.45, 7) is 7.18. The van der Waals surface area contributed by atoms with Crippen molar-refractivity contribution in [1.29, 1.82) is 0 Å². The summed E-state index contributed by atoms with van der Waals surface area (Å²) in [6.07, 6.45) is 3.55. The molecule has 1 aromatic carbocycles. The highest BCUT2D eigenvalue weighted by Gasteiger charge is 2.32. The lowest BCUT2D eigenvalue weighted by molar-refractivity contribution is -0.149. The van der Waals surface area contributed by atoms with Gasteiger partial charge in [0.05, 0.1) is 30.1 Å². The van der Waals surface area contributed by atoms with E-state index in [1.54, 1.807) is 73.9 Å². The molecule has 0 radical (unpaired) electrons. The van der Waals surface area contributed by atoms with E-state index in [1.807, 2.05) is 6.92 Å². The Morgan fingerprint density at radius 1 is 1.15 bits per heavy atom. The third-order valence-electron chi connectivity index (χ3n) is 5.67. The van der Waals surface area contributed by atoms with Crippen molar-refractivity contribution in [2.75, 3.05) is 12.1 Å². The number of anilines is 1. The van der Waals surface area contributed by atoms with Crippen LogP contribution in [0.15, 0.2) is 43.1 Å². The Balaban J connectivity index is 1.49. The van der Waals surface area contributed by atoms with Crippen molar-refractivity contribution < 1.29 is 23.4 Å². The van der Waals surface area contributed by atoms with Crippen LogP contribution in [0.1, 0.15) is 27.7 Å². The average molecular weight is 591 g/mol. The molecule has 0 bridgehead atoms. The molecule has 0 saturated carbocycles. The van der Waals surface area contributed by atoms with Gasteiger partial charge in [-0.3, -0.25) is 14.0 Å². The molecule has 3 aromatic heterocycles. The normalized spacial score (nSPS) is 14.7. The number of benzene rings is 1. The summed E-state index contributed by atoms with van der Waals surface area (Å²) in [5.41, 5.74) is 8.28. The molecular formula is C25H32ClN8O5P. The molecule has 0 aliphatic carbocycles. The van der Waals surface area contributed by atoms with Gasteiger partial charge in [0.25, 0.3) is 0 Å². The lowest BCUT2D eigenvalue weighted by Gasteiger charge is -2.25. The Bertz CT molecular complexity index is 1520. The molecule has 13 nitrogen and oxygen atoms in total. The van der Waals surface area contributed by atoms with Crippen LogP contribution in [0.3, 0.4) is 0 Å². The number of halogens is 1. The van der Waals surface area contributed by atoms with Crippen LogP contribution in [0.25, 0.3) is 22.4 Å².